The van der Waals surface area contributed by atoms with E-state index in [-0.39, 0.29) is 30.2 Å². The number of aryl methyl sites for hydroxylation is 1. The number of hydrogen-bond donors (Lipinski definition) is 5. The summed E-state index contributed by atoms with van der Waals surface area (Å²) in [5.41, 5.74) is 14.8. The number of nitrogens with one attached hydrogen (secondary N) is 4. The first-order chi connectivity index (χ1) is 27.7. The standard InChI is InChI=1S/C45H58N8O3S/c1-31-13-12-26-53(31)29-41-51-39-23-22-37(27-40(39)52-41)50-45(56)36-20-18-35(19-21-36)44(55)48-25-11-9-7-5-3-4-6-8-10-24-47-42(54)28-38(46)33-14-16-34(17-15-33)43-32(2)49-30-57-43/h14-23,27,30-31,38H,3-13,24-26,28-29,46H2,1-2H3,(H,47,54)(H,48,55)(H,50,56)(H,51,52)/t31-,38-/m0/s1. The summed E-state index contributed by atoms with van der Waals surface area (Å²) in [5, 5.41) is 8.99. The van der Waals surface area contributed by atoms with Gasteiger partial charge in [-0.05, 0) is 99.7 Å². The highest BCUT2D eigenvalue weighted by atomic mass is 32.1. The maximum atomic E-state index is 13.0. The molecule has 0 unspecified atom stereocenters. The molecule has 6 N–H and O–H groups in total. The van der Waals surface area contributed by atoms with Gasteiger partial charge in [-0.2, -0.15) is 0 Å². The van der Waals surface area contributed by atoms with E-state index in [1.807, 2.05) is 42.8 Å². The van der Waals surface area contributed by atoms with Crippen LogP contribution in [-0.2, 0) is 11.3 Å². The maximum Gasteiger partial charge on any atom is 0.255 e. The lowest BCUT2D eigenvalue weighted by Crippen LogP contribution is -2.28. The Morgan fingerprint density at radius 1 is 0.860 bits per heavy atom. The first-order valence-electron chi connectivity index (χ1n) is 20.7. The van der Waals surface area contributed by atoms with Crippen molar-refractivity contribution < 1.29 is 14.4 Å². The minimum atomic E-state index is -0.323. The van der Waals surface area contributed by atoms with Crippen molar-refractivity contribution in [3.8, 4) is 10.4 Å². The summed E-state index contributed by atoms with van der Waals surface area (Å²) >= 11 is 1.62. The molecular weight excluding hydrogens is 733 g/mol. The van der Waals surface area contributed by atoms with Crippen LogP contribution < -0.4 is 21.7 Å². The van der Waals surface area contributed by atoms with E-state index in [0.29, 0.717) is 35.9 Å². The van der Waals surface area contributed by atoms with Crippen molar-refractivity contribution in [1.82, 2.24) is 30.5 Å². The summed E-state index contributed by atoms with van der Waals surface area (Å²) in [4.78, 5) is 54.2. The van der Waals surface area contributed by atoms with E-state index in [0.717, 1.165) is 90.2 Å². The monoisotopic (exact) mass is 790 g/mol. The van der Waals surface area contributed by atoms with Crippen LogP contribution in [0.4, 0.5) is 5.69 Å². The molecule has 302 valence electrons. The van der Waals surface area contributed by atoms with Crippen molar-refractivity contribution in [3.05, 3.63) is 100 Å². The lowest BCUT2D eigenvalue weighted by Gasteiger charge is -2.19. The van der Waals surface area contributed by atoms with E-state index >= 15 is 0 Å². The summed E-state index contributed by atoms with van der Waals surface area (Å²) in [6.07, 6.45) is 12.7. The minimum absolute atomic E-state index is 0.00413. The quantitative estimate of drug-likeness (QED) is 0.0466. The molecule has 1 fully saturated rings. The molecule has 2 aromatic heterocycles. The highest BCUT2D eigenvalue weighted by Gasteiger charge is 2.21. The normalized spacial score (nSPS) is 14.8. The minimum Gasteiger partial charge on any atom is -0.356 e. The highest BCUT2D eigenvalue weighted by Crippen LogP contribution is 2.28. The Morgan fingerprint density at radius 3 is 2.14 bits per heavy atom. The van der Waals surface area contributed by atoms with Crippen LogP contribution in [0.15, 0.2) is 72.2 Å². The number of aromatic nitrogens is 3. The second-order valence-electron chi connectivity index (χ2n) is 15.4. The van der Waals surface area contributed by atoms with Gasteiger partial charge in [0.25, 0.3) is 11.8 Å². The summed E-state index contributed by atoms with van der Waals surface area (Å²) in [5.74, 6) is 0.576. The summed E-state index contributed by atoms with van der Waals surface area (Å²) in [6, 6.07) is 20.8. The summed E-state index contributed by atoms with van der Waals surface area (Å²) in [6.45, 7) is 7.48. The molecule has 57 heavy (non-hydrogen) atoms. The number of benzene rings is 3. The van der Waals surface area contributed by atoms with Crippen LogP contribution >= 0.6 is 11.3 Å². The van der Waals surface area contributed by atoms with Gasteiger partial charge in [0.05, 0.1) is 33.7 Å². The Kier molecular flexibility index (Phi) is 15.4. The fourth-order valence-electron chi connectivity index (χ4n) is 7.48. The highest BCUT2D eigenvalue weighted by molar-refractivity contribution is 7.13. The predicted octanol–water partition coefficient (Wildman–Crippen LogP) is 8.68. The molecule has 1 aliphatic heterocycles. The molecule has 3 heterocycles. The van der Waals surface area contributed by atoms with E-state index in [2.05, 4.69) is 49.9 Å². The molecule has 11 nitrogen and oxygen atoms in total. The average Bonchev–Trinajstić information content (AvgIpc) is 3.95. The number of fused-ring (bicyclic) bond motifs is 1. The van der Waals surface area contributed by atoms with Gasteiger partial charge < -0.3 is 26.7 Å². The zero-order valence-electron chi connectivity index (χ0n) is 33.4. The lowest BCUT2D eigenvalue weighted by molar-refractivity contribution is -0.121. The number of thiazole rings is 1. The Balaban J connectivity index is 0.765. The first-order valence-corrected chi connectivity index (χ1v) is 21.6. The third-order valence-electron chi connectivity index (χ3n) is 11.0. The molecule has 2 atom stereocenters. The van der Waals surface area contributed by atoms with Gasteiger partial charge >= 0.3 is 0 Å². The first kappa shape index (κ1) is 41.7. The third-order valence-corrected chi connectivity index (χ3v) is 11.9. The molecule has 0 spiro atoms. The van der Waals surface area contributed by atoms with Gasteiger partial charge in [-0.1, -0.05) is 69.2 Å². The number of imidazole rings is 1. The van der Waals surface area contributed by atoms with Crippen LogP contribution in [0.25, 0.3) is 21.5 Å². The summed E-state index contributed by atoms with van der Waals surface area (Å²) < 4.78 is 0. The number of likely N-dealkylation sites (tertiary alicyclic amines) is 1. The molecule has 12 heteroatoms. The molecule has 3 amide bonds. The number of amides is 3. The van der Waals surface area contributed by atoms with E-state index in [1.54, 1.807) is 35.6 Å². The SMILES string of the molecule is Cc1ncsc1-c1ccc([C@@H](N)CC(=O)NCCCCCCCCCCCNC(=O)c2ccc(C(=O)Nc3ccc4[nH]c(CN5CCC[C@@H]5C)nc4c3)cc2)cc1. The van der Waals surface area contributed by atoms with Gasteiger partial charge in [0.1, 0.15) is 5.82 Å². The molecule has 0 saturated carbocycles. The number of anilines is 1. The molecule has 0 aliphatic carbocycles. The second kappa shape index (κ2) is 21.0. The molecule has 1 aliphatic rings. The fraction of sp³-hybridized carbons (Fsp3) is 0.444. The topological polar surface area (TPSA) is 158 Å². The van der Waals surface area contributed by atoms with Crippen molar-refractivity contribution in [2.24, 2.45) is 5.73 Å². The van der Waals surface area contributed by atoms with Crippen molar-refractivity contribution in [3.63, 3.8) is 0 Å². The number of rotatable bonds is 21. The van der Waals surface area contributed by atoms with Crippen molar-refractivity contribution in [2.75, 3.05) is 25.0 Å². The van der Waals surface area contributed by atoms with Gasteiger partial charge in [-0.25, -0.2) is 9.97 Å². The van der Waals surface area contributed by atoms with E-state index in [1.165, 1.54) is 32.1 Å². The molecule has 6 rings (SSSR count). The number of carbonyl (C=O) groups is 3. The number of aromatic amines is 1. The molecule has 0 radical (unpaired) electrons. The van der Waals surface area contributed by atoms with Crippen molar-refractivity contribution in [2.45, 2.75) is 110 Å². The van der Waals surface area contributed by atoms with Crippen LogP contribution in [0, 0.1) is 6.92 Å². The largest absolute Gasteiger partial charge is 0.356 e. The second-order valence-corrected chi connectivity index (χ2v) is 16.3. The van der Waals surface area contributed by atoms with E-state index < -0.39 is 0 Å². The van der Waals surface area contributed by atoms with Crippen LogP contribution in [0.5, 0.6) is 0 Å². The zero-order chi connectivity index (χ0) is 40.0. The molecular formula is C45H58N8O3S. The zero-order valence-corrected chi connectivity index (χ0v) is 34.3. The van der Waals surface area contributed by atoms with Crippen LogP contribution in [0.2, 0.25) is 0 Å². The van der Waals surface area contributed by atoms with Gasteiger partial charge in [-0.3, -0.25) is 19.3 Å². The Morgan fingerprint density at radius 2 is 1.51 bits per heavy atom. The number of unbranched alkanes of at least 4 members (excludes halogenated alkanes) is 8. The van der Waals surface area contributed by atoms with Gasteiger partial charge in [0, 0.05) is 48.4 Å². The Labute approximate surface area is 340 Å². The summed E-state index contributed by atoms with van der Waals surface area (Å²) in [7, 11) is 0. The Bertz CT molecular complexity index is 2060. The van der Waals surface area contributed by atoms with Gasteiger partial charge in [0.15, 0.2) is 0 Å². The molecule has 5 aromatic rings. The maximum absolute atomic E-state index is 13.0. The number of hydrogen-bond acceptors (Lipinski definition) is 8. The average molecular weight is 791 g/mol. The van der Waals surface area contributed by atoms with Crippen molar-refractivity contribution >= 4 is 45.8 Å². The fourth-order valence-corrected chi connectivity index (χ4v) is 8.29. The third kappa shape index (κ3) is 12.3. The van der Waals surface area contributed by atoms with E-state index in [4.69, 9.17) is 10.7 Å². The number of carbonyl (C=O) groups excluding carboxylic acids is 3. The van der Waals surface area contributed by atoms with Crippen LogP contribution in [0.3, 0.4) is 0 Å². The van der Waals surface area contributed by atoms with Crippen LogP contribution in [-0.4, -0.2) is 63.2 Å². The number of H-pyrrole nitrogens is 1. The smallest absolute Gasteiger partial charge is 0.255 e. The lowest BCUT2D eigenvalue weighted by atomic mass is 10.0. The van der Waals surface area contributed by atoms with Crippen molar-refractivity contribution in [1.29, 1.82) is 0 Å². The molecule has 0 bridgehead atoms. The number of nitrogens with two attached hydrogens (primary N) is 1. The van der Waals surface area contributed by atoms with Gasteiger partial charge in [0.2, 0.25) is 5.91 Å². The van der Waals surface area contributed by atoms with E-state index in [9.17, 15) is 14.4 Å². The predicted molar refractivity (Wildman–Crippen MR) is 230 cm³/mol. The van der Waals surface area contributed by atoms with Gasteiger partial charge in [-0.15, -0.1) is 11.3 Å². The molecule has 1 saturated heterocycles. The molecule has 3 aromatic carbocycles. The van der Waals surface area contributed by atoms with Crippen LogP contribution in [0.1, 0.15) is 128 Å². The Hall–Kier alpha value is -4.91. The number of nitrogens with zero attached hydrogens (tertiary/aromatic N) is 3.